The van der Waals surface area contributed by atoms with Gasteiger partial charge in [0.2, 0.25) is 0 Å². The van der Waals surface area contributed by atoms with Crippen LogP contribution in [0, 0.1) is 0 Å². The van der Waals surface area contributed by atoms with Crippen molar-refractivity contribution in [3.63, 3.8) is 0 Å². The summed E-state index contributed by atoms with van der Waals surface area (Å²) in [6.07, 6.45) is 7.87. The van der Waals surface area contributed by atoms with Crippen molar-refractivity contribution in [1.82, 2.24) is 0 Å². The van der Waals surface area contributed by atoms with Crippen LogP contribution in [0.25, 0.3) is 0 Å². The summed E-state index contributed by atoms with van der Waals surface area (Å²) in [4.78, 5) is 0. The molecule has 0 aliphatic heterocycles. The SMILES string of the molecule is CCCCCC(N)O.NCCCCCCO. The lowest BCUT2D eigenvalue weighted by Gasteiger charge is -2.00. The maximum Gasteiger partial charge on any atom is 0.102 e. The van der Waals surface area contributed by atoms with Gasteiger partial charge in [0, 0.05) is 6.61 Å². The Morgan fingerprint density at radius 1 is 1.00 bits per heavy atom. The van der Waals surface area contributed by atoms with Gasteiger partial charge in [-0.15, -0.1) is 0 Å². The average Bonchev–Trinajstić information content (AvgIpc) is 2.25. The van der Waals surface area contributed by atoms with Crippen LogP contribution in [0.3, 0.4) is 0 Å². The van der Waals surface area contributed by atoms with Crippen LogP contribution in [0.15, 0.2) is 0 Å². The first kappa shape index (κ1) is 18.2. The first-order valence-corrected chi connectivity index (χ1v) is 6.43. The molecule has 0 saturated heterocycles. The van der Waals surface area contributed by atoms with Gasteiger partial charge in [-0.25, -0.2) is 0 Å². The molecule has 0 aliphatic rings. The Morgan fingerprint density at radius 3 is 2.06 bits per heavy atom. The maximum absolute atomic E-state index is 8.56. The summed E-state index contributed by atoms with van der Waals surface area (Å²) in [6, 6.07) is 0. The summed E-state index contributed by atoms with van der Waals surface area (Å²) in [5.74, 6) is 0. The van der Waals surface area contributed by atoms with E-state index in [1.54, 1.807) is 0 Å². The van der Waals surface area contributed by atoms with E-state index in [-0.39, 0.29) is 0 Å². The molecule has 0 bridgehead atoms. The van der Waals surface area contributed by atoms with Crippen LogP contribution in [-0.4, -0.2) is 29.6 Å². The molecule has 0 heterocycles. The van der Waals surface area contributed by atoms with Crippen LogP contribution in [0.1, 0.15) is 58.3 Å². The second kappa shape index (κ2) is 17.2. The minimum atomic E-state index is -0.596. The highest BCUT2D eigenvalue weighted by Crippen LogP contribution is 1.98. The van der Waals surface area contributed by atoms with Gasteiger partial charge in [-0.05, 0) is 32.2 Å². The lowest BCUT2D eigenvalue weighted by atomic mass is 10.2. The van der Waals surface area contributed by atoms with Crippen LogP contribution >= 0.6 is 0 Å². The van der Waals surface area contributed by atoms with Crippen molar-refractivity contribution in [2.24, 2.45) is 11.5 Å². The van der Waals surface area contributed by atoms with Crippen molar-refractivity contribution < 1.29 is 10.2 Å². The maximum atomic E-state index is 8.56. The second-order valence-electron chi connectivity index (χ2n) is 3.99. The van der Waals surface area contributed by atoms with Gasteiger partial charge in [0.15, 0.2) is 0 Å². The minimum absolute atomic E-state index is 0.324. The smallest absolute Gasteiger partial charge is 0.102 e. The molecule has 1 atom stereocenters. The first-order valence-electron chi connectivity index (χ1n) is 6.43. The van der Waals surface area contributed by atoms with Crippen molar-refractivity contribution >= 4 is 0 Å². The molecule has 0 radical (unpaired) electrons. The van der Waals surface area contributed by atoms with Gasteiger partial charge in [-0.3, -0.25) is 0 Å². The normalized spacial score (nSPS) is 11.8. The molecule has 0 rings (SSSR count). The standard InChI is InChI=1S/2C6H15NO/c1-2-3-4-5-6(7)8;7-5-3-1-2-4-6-8/h6,8H,2-5,7H2,1H3;8H,1-7H2. The van der Waals surface area contributed by atoms with Gasteiger partial charge >= 0.3 is 0 Å². The fourth-order valence-electron chi connectivity index (χ4n) is 1.21. The Kier molecular flexibility index (Phi) is 19.6. The lowest BCUT2D eigenvalue weighted by Crippen LogP contribution is -2.17. The zero-order chi connectivity index (χ0) is 12.6. The van der Waals surface area contributed by atoms with E-state index in [4.69, 9.17) is 21.7 Å². The number of rotatable bonds is 9. The molecule has 4 heteroatoms. The number of hydrogen-bond acceptors (Lipinski definition) is 4. The minimum Gasteiger partial charge on any atom is -0.396 e. The van der Waals surface area contributed by atoms with E-state index in [0.717, 1.165) is 45.1 Å². The van der Waals surface area contributed by atoms with E-state index in [0.29, 0.717) is 6.61 Å². The molecular weight excluding hydrogens is 204 g/mol. The molecular formula is C12H30N2O2. The fourth-order valence-corrected chi connectivity index (χ4v) is 1.21. The highest BCUT2D eigenvalue weighted by Gasteiger charge is 1.92. The zero-order valence-electron chi connectivity index (χ0n) is 10.7. The van der Waals surface area contributed by atoms with Crippen LogP contribution in [-0.2, 0) is 0 Å². The molecule has 6 N–H and O–H groups in total. The molecule has 0 saturated carbocycles. The molecule has 4 nitrogen and oxygen atoms in total. The third-order valence-electron chi connectivity index (χ3n) is 2.22. The summed E-state index contributed by atoms with van der Waals surface area (Å²) >= 11 is 0. The highest BCUT2D eigenvalue weighted by atomic mass is 16.3. The van der Waals surface area contributed by atoms with Gasteiger partial charge in [-0.1, -0.05) is 32.6 Å². The zero-order valence-corrected chi connectivity index (χ0v) is 10.7. The fraction of sp³-hybridized carbons (Fsp3) is 1.00. The molecule has 0 fully saturated rings. The molecule has 100 valence electrons. The van der Waals surface area contributed by atoms with E-state index in [1.807, 2.05) is 0 Å². The second-order valence-corrected chi connectivity index (χ2v) is 3.99. The van der Waals surface area contributed by atoms with Gasteiger partial charge < -0.3 is 21.7 Å². The molecule has 0 aliphatic carbocycles. The van der Waals surface area contributed by atoms with E-state index in [9.17, 15) is 0 Å². The van der Waals surface area contributed by atoms with E-state index in [1.165, 1.54) is 12.8 Å². The monoisotopic (exact) mass is 234 g/mol. The summed E-state index contributed by atoms with van der Waals surface area (Å²) in [7, 11) is 0. The predicted molar refractivity (Wildman–Crippen MR) is 68.9 cm³/mol. The van der Waals surface area contributed by atoms with E-state index < -0.39 is 6.23 Å². The Balaban J connectivity index is 0. The Bertz CT molecular complexity index is 105. The Labute approximate surface area is 100 Å². The van der Waals surface area contributed by atoms with Crippen molar-refractivity contribution in [3.05, 3.63) is 0 Å². The van der Waals surface area contributed by atoms with Gasteiger partial charge in [0.1, 0.15) is 6.23 Å². The van der Waals surface area contributed by atoms with Crippen molar-refractivity contribution in [2.45, 2.75) is 64.5 Å². The number of aliphatic hydroxyl groups excluding tert-OH is 2. The quantitative estimate of drug-likeness (QED) is 0.358. The molecule has 0 spiro atoms. The first-order chi connectivity index (χ1) is 7.68. The largest absolute Gasteiger partial charge is 0.396 e. The van der Waals surface area contributed by atoms with Crippen LogP contribution in [0.4, 0.5) is 0 Å². The van der Waals surface area contributed by atoms with Gasteiger partial charge in [-0.2, -0.15) is 0 Å². The number of aliphatic hydroxyl groups is 2. The van der Waals surface area contributed by atoms with Crippen molar-refractivity contribution in [2.75, 3.05) is 13.2 Å². The van der Waals surface area contributed by atoms with Crippen LogP contribution in [0.2, 0.25) is 0 Å². The third-order valence-corrected chi connectivity index (χ3v) is 2.22. The van der Waals surface area contributed by atoms with Crippen LogP contribution in [0.5, 0.6) is 0 Å². The Hall–Kier alpha value is -0.160. The molecule has 0 amide bonds. The highest BCUT2D eigenvalue weighted by molar-refractivity contribution is 4.44. The predicted octanol–water partition coefficient (Wildman–Crippen LogP) is 1.34. The third kappa shape index (κ3) is 23.6. The summed E-state index contributed by atoms with van der Waals surface area (Å²) < 4.78 is 0. The number of nitrogens with two attached hydrogens (primary N) is 2. The van der Waals surface area contributed by atoms with Crippen LogP contribution < -0.4 is 11.5 Å². The van der Waals surface area contributed by atoms with Crippen molar-refractivity contribution in [3.8, 4) is 0 Å². The lowest BCUT2D eigenvalue weighted by molar-refractivity contribution is 0.168. The summed E-state index contributed by atoms with van der Waals surface area (Å²) in [6.45, 7) is 3.24. The van der Waals surface area contributed by atoms with E-state index in [2.05, 4.69) is 6.92 Å². The van der Waals surface area contributed by atoms with E-state index >= 15 is 0 Å². The molecule has 0 aromatic carbocycles. The summed E-state index contributed by atoms with van der Waals surface area (Å²) in [5.41, 5.74) is 10.3. The average molecular weight is 234 g/mol. The molecule has 16 heavy (non-hydrogen) atoms. The Morgan fingerprint density at radius 2 is 1.62 bits per heavy atom. The van der Waals surface area contributed by atoms with Crippen molar-refractivity contribution in [1.29, 1.82) is 0 Å². The summed E-state index contributed by atoms with van der Waals surface area (Å²) in [5, 5.41) is 16.9. The molecule has 0 aromatic heterocycles. The number of hydrogen-bond donors (Lipinski definition) is 4. The topological polar surface area (TPSA) is 92.5 Å². The van der Waals surface area contributed by atoms with Gasteiger partial charge in [0.05, 0.1) is 0 Å². The number of unbranched alkanes of at least 4 members (excludes halogenated alkanes) is 5. The molecule has 0 aromatic rings. The van der Waals surface area contributed by atoms with Gasteiger partial charge in [0.25, 0.3) is 0 Å². The molecule has 1 unspecified atom stereocenters.